The summed E-state index contributed by atoms with van der Waals surface area (Å²) in [7, 11) is 0. The first-order chi connectivity index (χ1) is 11.7. The minimum Gasteiger partial charge on any atom is -0.376 e. The Morgan fingerprint density at radius 1 is 1.17 bits per heavy atom. The lowest BCUT2D eigenvalue weighted by Gasteiger charge is -2.26. The Morgan fingerprint density at radius 2 is 1.92 bits per heavy atom. The minimum atomic E-state index is 0.125. The first-order valence-corrected chi connectivity index (χ1v) is 9.19. The average Bonchev–Trinajstić information content (AvgIpc) is 3.14. The van der Waals surface area contributed by atoms with E-state index in [2.05, 4.69) is 10.6 Å². The molecule has 2 aliphatic rings. The van der Waals surface area contributed by atoms with Crippen molar-refractivity contribution >= 4 is 28.9 Å². The number of likely N-dealkylation sites (tertiary alicyclic amines) is 1. The van der Waals surface area contributed by atoms with Crippen molar-refractivity contribution < 1.29 is 9.53 Å². The van der Waals surface area contributed by atoms with Crippen molar-refractivity contribution in [3.63, 3.8) is 0 Å². The highest BCUT2D eigenvalue weighted by atomic mass is 32.1. The van der Waals surface area contributed by atoms with Gasteiger partial charge in [-0.05, 0) is 68.6 Å². The summed E-state index contributed by atoms with van der Waals surface area (Å²) in [5, 5.41) is 6.92. The molecule has 0 spiro atoms. The fourth-order valence-corrected chi connectivity index (χ4v) is 3.36. The molecule has 0 aliphatic carbocycles. The van der Waals surface area contributed by atoms with Gasteiger partial charge in [-0.15, -0.1) is 0 Å². The smallest absolute Gasteiger partial charge is 0.253 e. The van der Waals surface area contributed by atoms with Crippen LogP contribution in [0.4, 0.5) is 5.69 Å². The number of ether oxygens (including phenoxy) is 1. The molecular formula is C18H25N3O2S. The molecular weight excluding hydrogens is 322 g/mol. The average molecular weight is 347 g/mol. The van der Waals surface area contributed by atoms with Crippen molar-refractivity contribution in [3.8, 4) is 0 Å². The zero-order valence-electron chi connectivity index (χ0n) is 13.9. The minimum absolute atomic E-state index is 0.125. The van der Waals surface area contributed by atoms with Crippen LogP contribution in [0.5, 0.6) is 0 Å². The lowest BCUT2D eigenvalue weighted by atomic mass is 10.1. The third kappa shape index (κ3) is 4.68. The Kier molecular flexibility index (Phi) is 6.04. The summed E-state index contributed by atoms with van der Waals surface area (Å²) in [5.41, 5.74) is 1.62. The van der Waals surface area contributed by atoms with Gasteiger partial charge in [-0.3, -0.25) is 4.79 Å². The molecule has 1 amide bonds. The van der Waals surface area contributed by atoms with E-state index >= 15 is 0 Å². The molecule has 0 saturated carbocycles. The van der Waals surface area contributed by atoms with Gasteiger partial charge in [-0.2, -0.15) is 0 Å². The molecule has 2 heterocycles. The molecule has 0 unspecified atom stereocenters. The van der Waals surface area contributed by atoms with E-state index in [1.807, 2.05) is 29.2 Å². The third-order valence-electron chi connectivity index (χ3n) is 4.55. The van der Waals surface area contributed by atoms with Crippen LogP contribution >= 0.6 is 12.2 Å². The van der Waals surface area contributed by atoms with Crippen molar-refractivity contribution in [2.75, 3.05) is 31.6 Å². The van der Waals surface area contributed by atoms with Crippen molar-refractivity contribution in [2.24, 2.45) is 0 Å². The topological polar surface area (TPSA) is 53.6 Å². The molecule has 1 aromatic carbocycles. The normalized spacial score (nSPS) is 20.7. The van der Waals surface area contributed by atoms with Crippen molar-refractivity contribution in [3.05, 3.63) is 29.8 Å². The maximum atomic E-state index is 12.4. The van der Waals surface area contributed by atoms with Gasteiger partial charge < -0.3 is 20.3 Å². The number of nitrogens with one attached hydrogen (secondary N) is 2. The monoisotopic (exact) mass is 347 g/mol. The number of piperidine rings is 1. The molecule has 5 nitrogen and oxygen atoms in total. The molecule has 1 aromatic rings. The molecule has 2 aliphatic heterocycles. The van der Waals surface area contributed by atoms with Crippen molar-refractivity contribution in [1.29, 1.82) is 0 Å². The highest BCUT2D eigenvalue weighted by Gasteiger charge is 2.18. The number of thiocarbonyl (C=S) groups is 1. The van der Waals surface area contributed by atoms with Crippen LogP contribution in [0.1, 0.15) is 42.5 Å². The molecule has 130 valence electrons. The number of rotatable bonds is 4. The Labute approximate surface area is 148 Å². The quantitative estimate of drug-likeness (QED) is 0.821. The molecule has 0 aromatic heterocycles. The number of nitrogens with zero attached hydrogens (tertiary/aromatic N) is 1. The summed E-state index contributed by atoms with van der Waals surface area (Å²) < 4.78 is 5.56. The summed E-state index contributed by atoms with van der Waals surface area (Å²) >= 11 is 5.30. The van der Waals surface area contributed by atoms with Crippen LogP contribution in [0, 0.1) is 0 Å². The van der Waals surface area contributed by atoms with Crippen molar-refractivity contribution in [2.45, 2.75) is 38.2 Å². The van der Waals surface area contributed by atoms with Gasteiger partial charge in [0.05, 0.1) is 6.10 Å². The number of carbonyl (C=O) groups excluding carboxylic acids is 1. The van der Waals surface area contributed by atoms with Crippen LogP contribution in [-0.4, -0.2) is 48.3 Å². The van der Waals surface area contributed by atoms with E-state index in [4.69, 9.17) is 17.0 Å². The second kappa shape index (κ2) is 8.44. The van der Waals surface area contributed by atoms with Gasteiger partial charge in [-0.25, -0.2) is 0 Å². The molecule has 2 saturated heterocycles. The number of hydrogen-bond donors (Lipinski definition) is 2. The fourth-order valence-electron chi connectivity index (χ4n) is 3.16. The molecule has 1 atom stereocenters. The Bertz CT molecular complexity index is 564. The van der Waals surface area contributed by atoms with Gasteiger partial charge in [0.25, 0.3) is 5.91 Å². The zero-order chi connectivity index (χ0) is 16.8. The highest BCUT2D eigenvalue weighted by Crippen LogP contribution is 2.16. The molecule has 6 heteroatoms. The Hall–Kier alpha value is -1.66. The van der Waals surface area contributed by atoms with E-state index in [0.717, 1.165) is 63.2 Å². The van der Waals surface area contributed by atoms with Crippen LogP contribution in [-0.2, 0) is 4.74 Å². The molecule has 2 fully saturated rings. The van der Waals surface area contributed by atoms with Gasteiger partial charge >= 0.3 is 0 Å². The van der Waals surface area contributed by atoms with E-state index in [1.54, 1.807) is 0 Å². The summed E-state index contributed by atoms with van der Waals surface area (Å²) in [5.74, 6) is 0.125. The zero-order valence-corrected chi connectivity index (χ0v) is 14.7. The van der Waals surface area contributed by atoms with E-state index < -0.39 is 0 Å². The predicted molar refractivity (Wildman–Crippen MR) is 99.4 cm³/mol. The van der Waals surface area contributed by atoms with Crippen LogP contribution in [0.3, 0.4) is 0 Å². The lowest BCUT2D eigenvalue weighted by Crippen LogP contribution is -2.35. The maximum Gasteiger partial charge on any atom is 0.253 e. The second-order valence-electron chi connectivity index (χ2n) is 6.40. The van der Waals surface area contributed by atoms with Crippen LogP contribution in [0.15, 0.2) is 24.3 Å². The summed E-state index contributed by atoms with van der Waals surface area (Å²) in [6, 6.07) is 7.53. The van der Waals surface area contributed by atoms with Crippen LogP contribution in [0.2, 0.25) is 0 Å². The van der Waals surface area contributed by atoms with Gasteiger partial charge in [0.1, 0.15) is 0 Å². The SMILES string of the molecule is O=C(c1ccc(NC(=S)NC[C@H]2CCCO2)cc1)N1CCCCC1. The molecule has 0 radical (unpaired) electrons. The number of carbonyl (C=O) groups is 1. The fraction of sp³-hybridized carbons (Fsp3) is 0.556. The maximum absolute atomic E-state index is 12.4. The van der Waals surface area contributed by atoms with E-state index in [0.29, 0.717) is 5.11 Å². The Morgan fingerprint density at radius 3 is 2.58 bits per heavy atom. The van der Waals surface area contributed by atoms with Gasteiger partial charge in [0.2, 0.25) is 0 Å². The third-order valence-corrected chi connectivity index (χ3v) is 4.79. The summed E-state index contributed by atoms with van der Waals surface area (Å²) in [4.78, 5) is 14.4. The highest BCUT2D eigenvalue weighted by molar-refractivity contribution is 7.80. The lowest BCUT2D eigenvalue weighted by molar-refractivity contribution is 0.0724. The van der Waals surface area contributed by atoms with Gasteiger partial charge in [0.15, 0.2) is 5.11 Å². The van der Waals surface area contributed by atoms with Crippen LogP contribution in [0.25, 0.3) is 0 Å². The molecule has 24 heavy (non-hydrogen) atoms. The number of benzene rings is 1. The second-order valence-corrected chi connectivity index (χ2v) is 6.81. The first kappa shape index (κ1) is 17.2. The molecule has 3 rings (SSSR count). The van der Waals surface area contributed by atoms with E-state index in [9.17, 15) is 4.79 Å². The molecule has 2 N–H and O–H groups in total. The standard InChI is InChI=1S/C18H25N3O2S/c22-17(21-10-2-1-3-11-21)14-6-8-15(9-7-14)20-18(24)19-13-16-5-4-12-23-16/h6-9,16H,1-5,10-13H2,(H2,19,20,24)/t16-/m1/s1. The Balaban J connectivity index is 1.48. The summed E-state index contributed by atoms with van der Waals surface area (Å²) in [6.07, 6.45) is 5.91. The summed E-state index contributed by atoms with van der Waals surface area (Å²) in [6.45, 7) is 3.32. The van der Waals surface area contributed by atoms with Gasteiger partial charge in [0, 0.05) is 37.5 Å². The first-order valence-electron chi connectivity index (χ1n) is 8.78. The largest absolute Gasteiger partial charge is 0.376 e. The van der Waals surface area contributed by atoms with E-state index in [-0.39, 0.29) is 12.0 Å². The number of amides is 1. The van der Waals surface area contributed by atoms with Crippen LogP contribution < -0.4 is 10.6 Å². The predicted octanol–water partition coefficient (Wildman–Crippen LogP) is 2.78. The molecule has 0 bridgehead atoms. The number of hydrogen-bond acceptors (Lipinski definition) is 3. The van der Waals surface area contributed by atoms with Gasteiger partial charge in [-0.1, -0.05) is 0 Å². The van der Waals surface area contributed by atoms with E-state index in [1.165, 1.54) is 6.42 Å². The van der Waals surface area contributed by atoms with Crippen molar-refractivity contribution in [1.82, 2.24) is 10.2 Å². The number of anilines is 1.